The third-order valence-electron chi connectivity index (χ3n) is 7.78. The molecule has 1 aromatic heterocycles. The van der Waals surface area contributed by atoms with E-state index in [0.717, 1.165) is 75.6 Å². The van der Waals surface area contributed by atoms with Gasteiger partial charge in [-0.2, -0.15) is 0 Å². The molecular weight excluding hydrogens is 448 g/mol. The molecule has 2 aliphatic rings. The fraction of sp³-hybridized carbons (Fsp3) is 0.433. The molecule has 0 saturated carbocycles. The van der Waals surface area contributed by atoms with Crippen molar-refractivity contribution in [2.75, 3.05) is 50.7 Å². The first-order valence-corrected chi connectivity index (χ1v) is 13.4. The molecular formula is C30H38N4O2. The second kappa shape index (κ2) is 11.3. The van der Waals surface area contributed by atoms with Gasteiger partial charge < -0.3 is 15.1 Å². The van der Waals surface area contributed by atoms with E-state index in [9.17, 15) is 10.2 Å². The van der Waals surface area contributed by atoms with E-state index in [0.29, 0.717) is 11.8 Å². The molecule has 1 fully saturated rings. The van der Waals surface area contributed by atoms with Crippen LogP contribution in [-0.2, 0) is 12.8 Å². The van der Waals surface area contributed by atoms with E-state index in [1.807, 2.05) is 42.5 Å². The summed E-state index contributed by atoms with van der Waals surface area (Å²) in [6, 6.07) is 18.2. The minimum absolute atomic E-state index is 0.285. The second-order valence-electron chi connectivity index (χ2n) is 10.1. The molecule has 1 aliphatic heterocycles. The lowest BCUT2D eigenvalue weighted by molar-refractivity contribution is 0.145. The summed E-state index contributed by atoms with van der Waals surface area (Å²) in [4.78, 5) is 12.0. The molecule has 6 nitrogen and oxygen atoms in total. The Morgan fingerprint density at radius 2 is 1.81 bits per heavy atom. The zero-order valence-corrected chi connectivity index (χ0v) is 21.3. The summed E-state index contributed by atoms with van der Waals surface area (Å²) in [6.45, 7) is 9.62. The molecule has 36 heavy (non-hydrogen) atoms. The Bertz CT molecular complexity index is 1140. The van der Waals surface area contributed by atoms with Gasteiger partial charge in [-0.15, -0.1) is 0 Å². The number of aromatic hydroxyl groups is 2. The van der Waals surface area contributed by atoms with Gasteiger partial charge in [0.25, 0.3) is 0 Å². The minimum Gasteiger partial charge on any atom is -0.508 e. The molecule has 0 radical (unpaired) electrons. The first kappa shape index (κ1) is 24.6. The number of hydrogen-bond acceptors (Lipinski definition) is 6. The van der Waals surface area contributed by atoms with Crippen molar-refractivity contribution in [1.82, 2.24) is 14.8 Å². The highest BCUT2D eigenvalue weighted by atomic mass is 16.3. The molecule has 2 aromatic carbocycles. The van der Waals surface area contributed by atoms with Gasteiger partial charge in [0.2, 0.25) is 0 Å². The number of phenols is 2. The van der Waals surface area contributed by atoms with Crippen LogP contribution in [0.1, 0.15) is 30.9 Å². The van der Waals surface area contributed by atoms with Crippen molar-refractivity contribution in [2.45, 2.75) is 38.6 Å². The minimum atomic E-state index is 0.285. The van der Waals surface area contributed by atoms with Crippen molar-refractivity contribution in [1.29, 1.82) is 0 Å². The molecule has 6 heteroatoms. The molecule has 1 saturated heterocycles. The van der Waals surface area contributed by atoms with E-state index >= 15 is 0 Å². The monoisotopic (exact) mass is 486 g/mol. The molecule has 1 atom stereocenters. The summed E-state index contributed by atoms with van der Waals surface area (Å²) >= 11 is 0. The standard InChI is InChI=1S/C30H38N4O2/c1-2-13-33(25-8-6-24-21-27(35)10-7-23(24)20-25)17-14-32-15-18-34(19-16-32)26-9-11-28(30(36)22-26)29-5-3-4-12-31-29/h3-5,7,9-12,21-22,25,35-36H,2,6,8,13-20H2,1H3. The smallest absolute Gasteiger partial charge is 0.127 e. The Labute approximate surface area is 214 Å². The van der Waals surface area contributed by atoms with Gasteiger partial charge in [-0.05, 0) is 79.8 Å². The van der Waals surface area contributed by atoms with Crippen molar-refractivity contribution in [2.24, 2.45) is 0 Å². The second-order valence-corrected chi connectivity index (χ2v) is 10.1. The van der Waals surface area contributed by atoms with E-state index in [1.54, 1.807) is 6.20 Å². The first-order valence-electron chi connectivity index (χ1n) is 13.4. The van der Waals surface area contributed by atoms with Crippen LogP contribution in [-0.4, -0.2) is 76.9 Å². The Kier molecular flexibility index (Phi) is 7.73. The van der Waals surface area contributed by atoms with Crippen molar-refractivity contribution >= 4 is 5.69 Å². The fourth-order valence-electron chi connectivity index (χ4n) is 5.75. The van der Waals surface area contributed by atoms with E-state index < -0.39 is 0 Å². The molecule has 1 aliphatic carbocycles. The number of pyridine rings is 1. The lowest BCUT2D eigenvalue weighted by Crippen LogP contribution is -2.50. The molecule has 2 N–H and O–H groups in total. The van der Waals surface area contributed by atoms with Crippen LogP contribution in [0.15, 0.2) is 60.8 Å². The Morgan fingerprint density at radius 3 is 2.56 bits per heavy atom. The van der Waals surface area contributed by atoms with E-state index in [1.165, 1.54) is 24.0 Å². The van der Waals surface area contributed by atoms with Gasteiger partial charge in [-0.3, -0.25) is 14.8 Å². The maximum Gasteiger partial charge on any atom is 0.127 e. The van der Waals surface area contributed by atoms with E-state index in [2.05, 4.69) is 38.7 Å². The number of nitrogens with zero attached hydrogens (tertiary/aromatic N) is 4. The number of aromatic nitrogens is 1. The third-order valence-corrected chi connectivity index (χ3v) is 7.78. The predicted molar refractivity (Wildman–Crippen MR) is 146 cm³/mol. The molecule has 0 amide bonds. The van der Waals surface area contributed by atoms with E-state index in [4.69, 9.17) is 0 Å². The van der Waals surface area contributed by atoms with Crippen LogP contribution in [0.5, 0.6) is 11.5 Å². The van der Waals surface area contributed by atoms with Crippen molar-refractivity contribution < 1.29 is 10.2 Å². The molecule has 5 rings (SSSR count). The van der Waals surface area contributed by atoms with Crippen molar-refractivity contribution in [3.63, 3.8) is 0 Å². The maximum absolute atomic E-state index is 10.6. The Hall–Kier alpha value is -3.09. The first-order chi connectivity index (χ1) is 17.6. The van der Waals surface area contributed by atoms with Crippen LogP contribution in [0.3, 0.4) is 0 Å². The van der Waals surface area contributed by atoms with Crippen LogP contribution in [0.2, 0.25) is 0 Å². The summed E-state index contributed by atoms with van der Waals surface area (Å²) in [5.74, 6) is 0.671. The average Bonchev–Trinajstić information content (AvgIpc) is 2.91. The third kappa shape index (κ3) is 5.66. The van der Waals surface area contributed by atoms with Gasteiger partial charge in [-0.1, -0.05) is 19.1 Å². The lowest BCUT2D eigenvalue weighted by Gasteiger charge is -2.39. The van der Waals surface area contributed by atoms with Gasteiger partial charge in [-0.25, -0.2) is 0 Å². The van der Waals surface area contributed by atoms with Crippen LogP contribution < -0.4 is 4.90 Å². The molecule has 1 unspecified atom stereocenters. The average molecular weight is 487 g/mol. The molecule has 190 valence electrons. The SMILES string of the molecule is CCCN(CCN1CCN(c2ccc(-c3ccccn3)c(O)c2)CC1)C1CCc2cc(O)ccc2C1. The number of anilines is 1. The summed E-state index contributed by atoms with van der Waals surface area (Å²) in [5.41, 5.74) is 5.36. The van der Waals surface area contributed by atoms with Crippen LogP contribution in [0, 0.1) is 0 Å². The molecule has 0 spiro atoms. The van der Waals surface area contributed by atoms with Gasteiger partial charge in [0.1, 0.15) is 11.5 Å². The highest BCUT2D eigenvalue weighted by Crippen LogP contribution is 2.32. The number of rotatable bonds is 8. The number of hydrogen-bond donors (Lipinski definition) is 2. The fourth-order valence-corrected chi connectivity index (χ4v) is 5.75. The maximum atomic E-state index is 10.6. The lowest BCUT2D eigenvalue weighted by atomic mass is 9.87. The van der Waals surface area contributed by atoms with Gasteiger partial charge in [0.05, 0.1) is 5.69 Å². The van der Waals surface area contributed by atoms with Crippen LogP contribution in [0.25, 0.3) is 11.3 Å². The van der Waals surface area contributed by atoms with Gasteiger partial charge >= 0.3 is 0 Å². The van der Waals surface area contributed by atoms with Gasteiger partial charge in [0.15, 0.2) is 0 Å². The summed E-state index contributed by atoms with van der Waals surface area (Å²) in [7, 11) is 0. The highest BCUT2D eigenvalue weighted by Gasteiger charge is 2.25. The largest absolute Gasteiger partial charge is 0.508 e. The molecule has 2 heterocycles. The number of fused-ring (bicyclic) bond motifs is 1. The topological polar surface area (TPSA) is 63.1 Å². The summed E-state index contributed by atoms with van der Waals surface area (Å²) in [6.07, 6.45) is 6.23. The molecule has 3 aromatic rings. The van der Waals surface area contributed by atoms with Crippen molar-refractivity contribution in [3.8, 4) is 22.8 Å². The number of phenolic OH excluding ortho intramolecular Hbond substituents is 2. The van der Waals surface area contributed by atoms with Crippen LogP contribution in [0.4, 0.5) is 5.69 Å². The van der Waals surface area contributed by atoms with Gasteiger partial charge in [0, 0.05) is 68.8 Å². The number of aryl methyl sites for hydroxylation is 1. The molecule has 0 bridgehead atoms. The quantitative estimate of drug-likeness (QED) is 0.487. The Balaban J connectivity index is 1.14. The zero-order chi connectivity index (χ0) is 24.9. The number of piperazine rings is 1. The predicted octanol–water partition coefficient (Wildman–Crippen LogP) is 4.55. The zero-order valence-electron chi connectivity index (χ0n) is 21.3. The van der Waals surface area contributed by atoms with Crippen LogP contribution >= 0.6 is 0 Å². The van der Waals surface area contributed by atoms with Crippen molar-refractivity contribution in [3.05, 3.63) is 71.9 Å². The normalized spacial score (nSPS) is 18.4. The van der Waals surface area contributed by atoms with E-state index in [-0.39, 0.29) is 5.75 Å². The Morgan fingerprint density at radius 1 is 0.944 bits per heavy atom. The highest BCUT2D eigenvalue weighted by molar-refractivity contribution is 5.70. The summed E-state index contributed by atoms with van der Waals surface area (Å²) in [5, 5.41) is 20.4. The number of benzene rings is 2. The summed E-state index contributed by atoms with van der Waals surface area (Å²) < 4.78 is 0.